The molecule has 3 heterocycles. The summed E-state index contributed by atoms with van der Waals surface area (Å²) in [7, 11) is 0. The average Bonchev–Trinajstić information content (AvgIpc) is 3.30. The molecule has 1 saturated heterocycles. The van der Waals surface area contributed by atoms with Gasteiger partial charge in [0.05, 0.1) is 22.7 Å². The zero-order valence-electron chi connectivity index (χ0n) is 19.9. The fraction of sp³-hybridized carbons (Fsp3) is 0.296. The lowest BCUT2D eigenvalue weighted by atomic mass is 9.74. The summed E-state index contributed by atoms with van der Waals surface area (Å²) in [6.45, 7) is 5.00. The highest BCUT2D eigenvalue weighted by atomic mass is 16.5. The normalized spacial score (nSPS) is 18.6. The molecule has 1 aromatic heterocycles. The number of hydrogen-bond acceptors (Lipinski definition) is 6. The predicted molar refractivity (Wildman–Crippen MR) is 135 cm³/mol. The van der Waals surface area contributed by atoms with Crippen LogP contribution in [0.3, 0.4) is 0 Å². The number of primary amides is 1. The molecule has 0 saturated carbocycles. The Morgan fingerprint density at radius 3 is 2.42 bits per heavy atom. The van der Waals surface area contributed by atoms with Crippen LogP contribution in [0.15, 0.2) is 67.3 Å². The molecule has 4 N–H and O–H groups in total. The number of likely N-dealkylation sites (tertiary alicyclic amines) is 1. The van der Waals surface area contributed by atoms with Crippen LogP contribution in [-0.2, 0) is 4.79 Å². The second-order valence-electron chi connectivity index (χ2n) is 9.19. The van der Waals surface area contributed by atoms with Gasteiger partial charge in [0.1, 0.15) is 11.5 Å². The number of aromatic nitrogens is 2. The number of nitrogens with one attached hydrogen (secondary N) is 1. The van der Waals surface area contributed by atoms with Crippen molar-refractivity contribution in [2.24, 2.45) is 5.73 Å². The van der Waals surface area contributed by atoms with Crippen molar-refractivity contribution in [3.63, 3.8) is 0 Å². The molecule has 5 rings (SSSR count). The third-order valence-electron chi connectivity index (χ3n) is 7.04. The van der Waals surface area contributed by atoms with Crippen LogP contribution in [0.25, 0.3) is 5.69 Å². The molecular formula is C27H29N5O4. The van der Waals surface area contributed by atoms with Crippen LogP contribution < -0.4 is 15.8 Å². The Labute approximate surface area is 209 Å². The number of para-hydroxylation sites is 1. The summed E-state index contributed by atoms with van der Waals surface area (Å²) in [5.41, 5.74) is 6.82. The Bertz CT molecular complexity index is 1280. The van der Waals surface area contributed by atoms with Gasteiger partial charge in [-0.1, -0.05) is 24.8 Å². The van der Waals surface area contributed by atoms with Crippen LogP contribution in [-0.4, -0.2) is 56.8 Å². The van der Waals surface area contributed by atoms with Gasteiger partial charge in [-0.25, -0.2) is 4.68 Å². The minimum absolute atomic E-state index is 0.136. The monoisotopic (exact) mass is 487 g/mol. The number of benzene rings is 2. The van der Waals surface area contributed by atoms with Crippen LogP contribution in [0.4, 0.5) is 5.69 Å². The zero-order chi connectivity index (χ0) is 25.3. The van der Waals surface area contributed by atoms with Crippen molar-refractivity contribution in [2.45, 2.75) is 30.8 Å². The Morgan fingerprint density at radius 1 is 1.11 bits per heavy atom. The SMILES string of the molecule is C=CC(=O)N1CCC(O)(C2CCNc3c2nn(-c2ccc(Oc4ccccc4)cc2)c3C(N)=O)CC1. The first-order chi connectivity index (χ1) is 17.4. The lowest BCUT2D eigenvalue weighted by molar-refractivity contribution is -0.131. The van der Waals surface area contributed by atoms with E-state index >= 15 is 0 Å². The Balaban J connectivity index is 1.45. The second-order valence-corrected chi connectivity index (χ2v) is 9.19. The van der Waals surface area contributed by atoms with Crippen molar-refractivity contribution in [2.75, 3.05) is 25.0 Å². The molecule has 0 bridgehead atoms. The number of nitrogens with two attached hydrogens (primary N) is 1. The van der Waals surface area contributed by atoms with E-state index in [0.29, 0.717) is 61.7 Å². The van der Waals surface area contributed by atoms with E-state index in [-0.39, 0.29) is 17.5 Å². The van der Waals surface area contributed by atoms with Crippen LogP contribution in [0.2, 0.25) is 0 Å². The van der Waals surface area contributed by atoms with E-state index in [1.54, 1.807) is 17.0 Å². The molecule has 0 radical (unpaired) electrons. The largest absolute Gasteiger partial charge is 0.457 e. The van der Waals surface area contributed by atoms with Crippen molar-refractivity contribution in [3.05, 3.63) is 78.6 Å². The van der Waals surface area contributed by atoms with Gasteiger partial charge >= 0.3 is 0 Å². The van der Waals surface area contributed by atoms with E-state index in [1.807, 2.05) is 42.5 Å². The van der Waals surface area contributed by atoms with Crippen LogP contribution in [0.1, 0.15) is 41.4 Å². The quantitative estimate of drug-likeness (QED) is 0.459. The lowest BCUT2D eigenvalue weighted by Crippen LogP contribution is -2.50. The number of piperidine rings is 1. The summed E-state index contributed by atoms with van der Waals surface area (Å²) < 4.78 is 7.40. The molecule has 0 aliphatic carbocycles. The predicted octanol–water partition coefficient (Wildman–Crippen LogP) is 3.20. The molecule has 1 atom stereocenters. The molecule has 3 aromatic rings. The molecular weight excluding hydrogens is 458 g/mol. The summed E-state index contributed by atoms with van der Waals surface area (Å²) in [6.07, 6.45) is 2.78. The average molecular weight is 488 g/mol. The van der Waals surface area contributed by atoms with Crippen molar-refractivity contribution < 1.29 is 19.4 Å². The number of carbonyl (C=O) groups is 2. The molecule has 1 fully saturated rings. The van der Waals surface area contributed by atoms with Gasteiger partial charge in [0.2, 0.25) is 5.91 Å². The van der Waals surface area contributed by atoms with Crippen LogP contribution in [0.5, 0.6) is 11.5 Å². The smallest absolute Gasteiger partial charge is 0.269 e. The van der Waals surface area contributed by atoms with Gasteiger partial charge in [-0.3, -0.25) is 9.59 Å². The van der Waals surface area contributed by atoms with Gasteiger partial charge in [0, 0.05) is 25.6 Å². The van der Waals surface area contributed by atoms with Gasteiger partial charge in [-0.05, 0) is 61.7 Å². The molecule has 1 unspecified atom stereocenters. The van der Waals surface area contributed by atoms with E-state index < -0.39 is 11.5 Å². The van der Waals surface area contributed by atoms with E-state index in [9.17, 15) is 14.7 Å². The molecule has 2 aromatic carbocycles. The number of aliphatic hydroxyl groups is 1. The Morgan fingerprint density at radius 2 is 1.78 bits per heavy atom. The lowest BCUT2D eigenvalue weighted by Gasteiger charge is -2.43. The number of rotatable bonds is 6. The van der Waals surface area contributed by atoms with Crippen LogP contribution >= 0.6 is 0 Å². The summed E-state index contributed by atoms with van der Waals surface area (Å²) in [4.78, 5) is 26.2. The van der Waals surface area contributed by atoms with Gasteiger partial charge in [-0.15, -0.1) is 0 Å². The molecule has 9 nitrogen and oxygen atoms in total. The zero-order valence-corrected chi connectivity index (χ0v) is 19.9. The number of ether oxygens (including phenoxy) is 1. The summed E-state index contributed by atoms with van der Waals surface area (Å²) in [5, 5.41) is 19.7. The number of nitrogens with zero attached hydrogens (tertiary/aromatic N) is 3. The Hall–Kier alpha value is -4.11. The van der Waals surface area contributed by atoms with Crippen molar-refractivity contribution in [1.29, 1.82) is 0 Å². The number of carbonyl (C=O) groups excluding carboxylic acids is 2. The Kier molecular flexibility index (Phi) is 6.24. The standard InChI is InChI=1S/C27H29N5O4/c1-2-22(33)31-16-13-27(35,14-17-31)21-12-15-29-24-23(21)30-32(25(24)26(28)34)18-8-10-20(11-9-18)36-19-6-4-3-5-7-19/h2-11,21,29,35H,1,12-17H2,(H2,28,34). The minimum atomic E-state index is -1.05. The maximum Gasteiger partial charge on any atom is 0.269 e. The van der Waals surface area contributed by atoms with Crippen LogP contribution in [0, 0.1) is 0 Å². The molecule has 2 aliphatic heterocycles. The first-order valence-corrected chi connectivity index (χ1v) is 12.0. The molecule has 9 heteroatoms. The maximum atomic E-state index is 12.5. The van der Waals surface area contributed by atoms with Gasteiger partial charge in [0.15, 0.2) is 5.69 Å². The minimum Gasteiger partial charge on any atom is -0.457 e. The number of amides is 2. The van der Waals surface area contributed by atoms with Gasteiger partial charge in [0.25, 0.3) is 5.91 Å². The fourth-order valence-corrected chi connectivity index (χ4v) is 5.14. The van der Waals surface area contributed by atoms with E-state index in [2.05, 4.69) is 11.9 Å². The fourth-order valence-electron chi connectivity index (χ4n) is 5.14. The molecule has 36 heavy (non-hydrogen) atoms. The van der Waals surface area contributed by atoms with Crippen molar-refractivity contribution >= 4 is 17.5 Å². The van der Waals surface area contributed by atoms with Crippen molar-refractivity contribution in [3.8, 4) is 17.2 Å². The molecule has 186 valence electrons. The highest BCUT2D eigenvalue weighted by Gasteiger charge is 2.45. The number of hydrogen-bond donors (Lipinski definition) is 3. The summed E-state index contributed by atoms with van der Waals surface area (Å²) >= 11 is 0. The number of fused-ring (bicyclic) bond motifs is 1. The van der Waals surface area contributed by atoms with E-state index in [1.165, 1.54) is 10.8 Å². The summed E-state index contributed by atoms with van der Waals surface area (Å²) in [5.74, 6) is 0.324. The topological polar surface area (TPSA) is 123 Å². The third kappa shape index (κ3) is 4.33. The van der Waals surface area contributed by atoms with Gasteiger partial charge < -0.3 is 25.8 Å². The molecule has 2 amide bonds. The summed E-state index contributed by atoms with van der Waals surface area (Å²) in [6, 6.07) is 16.7. The van der Waals surface area contributed by atoms with Gasteiger partial charge in [-0.2, -0.15) is 5.10 Å². The van der Waals surface area contributed by atoms with Crippen molar-refractivity contribution in [1.82, 2.24) is 14.7 Å². The number of anilines is 1. The van der Waals surface area contributed by atoms with E-state index in [4.69, 9.17) is 15.6 Å². The third-order valence-corrected chi connectivity index (χ3v) is 7.04. The first kappa shape index (κ1) is 23.6. The molecule has 0 spiro atoms. The highest BCUT2D eigenvalue weighted by Crippen LogP contribution is 2.45. The highest BCUT2D eigenvalue weighted by molar-refractivity contribution is 5.98. The first-order valence-electron chi connectivity index (χ1n) is 12.0. The second kappa shape index (κ2) is 9.50. The molecule has 2 aliphatic rings. The maximum absolute atomic E-state index is 12.5. The van der Waals surface area contributed by atoms with E-state index in [0.717, 1.165) is 5.75 Å².